The van der Waals surface area contributed by atoms with Crippen LogP contribution in [0.2, 0.25) is 0 Å². The van der Waals surface area contributed by atoms with E-state index in [1.807, 2.05) is 29.2 Å². The number of benzene rings is 1. The normalized spacial score (nSPS) is 25.7. The van der Waals surface area contributed by atoms with E-state index in [4.69, 9.17) is 4.74 Å². The zero-order chi connectivity index (χ0) is 15.7. The first kappa shape index (κ1) is 14.9. The number of carboxylic acid groups (broad SMARTS) is 1. The van der Waals surface area contributed by atoms with Gasteiger partial charge in [-0.25, -0.2) is 0 Å². The summed E-state index contributed by atoms with van der Waals surface area (Å²) >= 11 is 0. The van der Waals surface area contributed by atoms with Crippen LogP contribution in [0.3, 0.4) is 0 Å². The lowest BCUT2D eigenvalue weighted by Gasteiger charge is -2.32. The number of hydrogen-bond donors (Lipinski definition) is 1. The number of carbonyl (C=O) groups is 2. The summed E-state index contributed by atoms with van der Waals surface area (Å²) in [6.45, 7) is 0. The number of nitrogens with zero attached hydrogens (tertiary/aromatic N) is 1. The first-order chi connectivity index (χ1) is 10.6. The third-order valence-corrected chi connectivity index (χ3v) is 4.86. The van der Waals surface area contributed by atoms with E-state index in [2.05, 4.69) is 0 Å². The van der Waals surface area contributed by atoms with Gasteiger partial charge in [0.05, 0.1) is 19.1 Å². The fourth-order valence-electron chi connectivity index (χ4n) is 3.78. The minimum Gasteiger partial charge on any atom is -0.497 e. The Kier molecular flexibility index (Phi) is 4.05. The van der Waals surface area contributed by atoms with E-state index < -0.39 is 11.9 Å². The largest absolute Gasteiger partial charge is 0.497 e. The van der Waals surface area contributed by atoms with Gasteiger partial charge in [0.25, 0.3) is 0 Å². The summed E-state index contributed by atoms with van der Waals surface area (Å²) < 4.78 is 5.16. The molecule has 0 aromatic heterocycles. The number of likely N-dealkylation sites (tertiary alicyclic amines) is 1. The molecule has 22 heavy (non-hydrogen) atoms. The molecule has 1 saturated carbocycles. The second kappa shape index (κ2) is 5.99. The monoisotopic (exact) mass is 303 g/mol. The predicted octanol–water partition coefficient (Wildman–Crippen LogP) is 2.61. The Bertz CT molecular complexity index is 563. The third-order valence-electron chi connectivity index (χ3n) is 4.86. The molecular formula is C17H21NO4. The lowest BCUT2D eigenvalue weighted by atomic mass is 9.93. The molecular weight excluding hydrogens is 282 g/mol. The van der Waals surface area contributed by atoms with Gasteiger partial charge in [-0.1, -0.05) is 25.0 Å². The molecule has 2 atom stereocenters. The quantitative estimate of drug-likeness (QED) is 0.928. The molecule has 1 aliphatic carbocycles. The Labute approximate surface area is 129 Å². The summed E-state index contributed by atoms with van der Waals surface area (Å²) in [7, 11) is 1.60. The minimum absolute atomic E-state index is 0.0277. The molecule has 1 aromatic rings. The van der Waals surface area contributed by atoms with E-state index in [0.717, 1.165) is 37.0 Å². The van der Waals surface area contributed by atoms with Gasteiger partial charge < -0.3 is 14.7 Å². The molecule has 2 fully saturated rings. The number of rotatable bonds is 4. The fourth-order valence-corrected chi connectivity index (χ4v) is 3.78. The summed E-state index contributed by atoms with van der Waals surface area (Å²) in [5.41, 5.74) is 0.881. The summed E-state index contributed by atoms with van der Waals surface area (Å²) in [4.78, 5) is 25.9. The molecule has 0 spiro atoms. The van der Waals surface area contributed by atoms with Crippen molar-refractivity contribution in [1.29, 1.82) is 0 Å². The Morgan fingerprint density at radius 2 is 1.86 bits per heavy atom. The first-order valence-corrected chi connectivity index (χ1v) is 7.79. The van der Waals surface area contributed by atoms with Crippen molar-refractivity contribution in [3.8, 4) is 5.75 Å². The van der Waals surface area contributed by atoms with E-state index >= 15 is 0 Å². The molecule has 118 valence electrons. The van der Waals surface area contributed by atoms with E-state index in [1.54, 1.807) is 7.11 Å². The topological polar surface area (TPSA) is 66.8 Å². The lowest BCUT2D eigenvalue weighted by Crippen LogP contribution is -2.37. The number of amides is 1. The van der Waals surface area contributed by atoms with Crippen LogP contribution in [-0.2, 0) is 9.59 Å². The Balaban J connectivity index is 1.95. The highest BCUT2D eigenvalue weighted by molar-refractivity contribution is 5.87. The molecule has 1 amide bonds. The highest BCUT2D eigenvalue weighted by Gasteiger charge is 2.47. The number of carboxylic acids is 1. The van der Waals surface area contributed by atoms with Gasteiger partial charge in [0, 0.05) is 12.5 Å². The van der Waals surface area contributed by atoms with Crippen LogP contribution < -0.4 is 4.74 Å². The smallest absolute Gasteiger partial charge is 0.309 e. The lowest BCUT2D eigenvalue weighted by molar-refractivity contribution is -0.142. The van der Waals surface area contributed by atoms with E-state index in [-0.39, 0.29) is 24.4 Å². The van der Waals surface area contributed by atoms with Crippen molar-refractivity contribution >= 4 is 11.9 Å². The molecule has 3 rings (SSSR count). The maximum absolute atomic E-state index is 12.4. The van der Waals surface area contributed by atoms with Crippen molar-refractivity contribution < 1.29 is 19.4 Å². The van der Waals surface area contributed by atoms with Gasteiger partial charge in [0.1, 0.15) is 5.75 Å². The molecule has 0 radical (unpaired) electrons. The van der Waals surface area contributed by atoms with Gasteiger partial charge >= 0.3 is 5.97 Å². The summed E-state index contributed by atoms with van der Waals surface area (Å²) in [5, 5.41) is 9.52. The van der Waals surface area contributed by atoms with Crippen LogP contribution in [0, 0.1) is 5.92 Å². The van der Waals surface area contributed by atoms with Gasteiger partial charge in [-0.05, 0) is 30.5 Å². The molecule has 0 unspecified atom stereocenters. The van der Waals surface area contributed by atoms with Crippen molar-refractivity contribution in [2.24, 2.45) is 5.92 Å². The SMILES string of the molecule is COc1ccc([C@@H]2[C@H](C(=O)O)CC(=O)N2C2CCCC2)cc1. The molecule has 5 heteroatoms. The van der Waals surface area contributed by atoms with Gasteiger partial charge in [-0.3, -0.25) is 9.59 Å². The fraction of sp³-hybridized carbons (Fsp3) is 0.529. The highest BCUT2D eigenvalue weighted by atomic mass is 16.5. The van der Waals surface area contributed by atoms with Crippen LogP contribution in [0.5, 0.6) is 5.75 Å². The van der Waals surface area contributed by atoms with Gasteiger partial charge in [0.2, 0.25) is 5.91 Å². The number of aliphatic carboxylic acids is 1. The average molecular weight is 303 g/mol. The van der Waals surface area contributed by atoms with Crippen LogP contribution in [-0.4, -0.2) is 35.0 Å². The molecule has 1 saturated heterocycles. The number of carbonyl (C=O) groups excluding carboxylic acids is 1. The van der Waals surface area contributed by atoms with Crippen molar-refractivity contribution in [3.05, 3.63) is 29.8 Å². The number of ether oxygens (including phenoxy) is 1. The van der Waals surface area contributed by atoms with Gasteiger partial charge in [0.15, 0.2) is 0 Å². The second-order valence-electron chi connectivity index (χ2n) is 6.11. The maximum atomic E-state index is 12.4. The summed E-state index contributed by atoms with van der Waals surface area (Å²) in [6.07, 6.45) is 4.28. The van der Waals surface area contributed by atoms with Crippen LogP contribution in [0.15, 0.2) is 24.3 Å². The molecule has 0 bridgehead atoms. The van der Waals surface area contributed by atoms with Gasteiger partial charge in [-0.2, -0.15) is 0 Å². The average Bonchev–Trinajstić information content (AvgIpc) is 3.14. The van der Waals surface area contributed by atoms with E-state index in [1.165, 1.54) is 0 Å². The second-order valence-corrected chi connectivity index (χ2v) is 6.11. The zero-order valence-corrected chi connectivity index (χ0v) is 12.7. The molecule has 5 nitrogen and oxygen atoms in total. The van der Waals surface area contributed by atoms with Crippen LogP contribution in [0.4, 0.5) is 0 Å². The minimum atomic E-state index is -0.894. The van der Waals surface area contributed by atoms with E-state index in [9.17, 15) is 14.7 Å². The predicted molar refractivity (Wildman–Crippen MR) is 80.6 cm³/mol. The molecule has 1 aliphatic heterocycles. The zero-order valence-electron chi connectivity index (χ0n) is 12.7. The number of methoxy groups -OCH3 is 1. The van der Waals surface area contributed by atoms with Crippen LogP contribution in [0.25, 0.3) is 0 Å². The highest BCUT2D eigenvalue weighted by Crippen LogP contribution is 2.43. The van der Waals surface area contributed by atoms with Crippen LogP contribution in [0.1, 0.15) is 43.7 Å². The van der Waals surface area contributed by atoms with Crippen LogP contribution >= 0.6 is 0 Å². The first-order valence-electron chi connectivity index (χ1n) is 7.79. The summed E-state index contributed by atoms with van der Waals surface area (Å²) in [6, 6.07) is 7.22. The van der Waals surface area contributed by atoms with Gasteiger partial charge in [-0.15, -0.1) is 0 Å². The van der Waals surface area contributed by atoms with E-state index in [0.29, 0.717) is 0 Å². The maximum Gasteiger partial charge on any atom is 0.309 e. The van der Waals surface area contributed by atoms with Crippen molar-refractivity contribution in [2.45, 2.75) is 44.2 Å². The van der Waals surface area contributed by atoms with Crippen molar-refractivity contribution in [2.75, 3.05) is 7.11 Å². The number of hydrogen-bond acceptors (Lipinski definition) is 3. The molecule has 1 heterocycles. The third kappa shape index (κ3) is 2.56. The Morgan fingerprint density at radius 1 is 1.23 bits per heavy atom. The van der Waals surface area contributed by atoms with Crippen molar-refractivity contribution in [1.82, 2.24) is 4.90 Å². The summed E-state index contributed by atoms with van der Waals surface area (Å²) in [5.74, 6) is -0.858. The van der Waals surface area contributed by atoms with Crippen molar-refractivity contribution in [3.63, 3.8) is 0 Å². The Morgan fingerprint density at radius 3 is 2.41 bits per heavy atom. The molecule has 1 aromatic carbocycles. The molecule has 1 N–H and O–H groups in total. The Hall–Kier alpha value is -2.04. The molecule has 2 aliphatic rings. The standard InChI is InChI=1S/C17H21NO4/c1-22-13-8-6-11(7-9-13)16-14(17(20)21)10-15(19)18(16)12-4-2-3-5-12/h6-9,12,14,16H,2-5,10H2,1H3,(H,20,21)/t14-,16-/m1/s1.